The van der Waals surface area contributed by atoms with Crippen molar-refractivity contribution in [2.75, 3.05) is 18.8 Å². The summed E-state index contributed by atoms with van der Waals surface area (Å²) in [5, 5.41) is -0.375. The fraction of sp³-hybridized carbons (Fsp3) is 0.769. The normalized spacial score (nSPS) is 21.7. The molecule has 2 unspecified atom stereocenters. The number of likely N-dealkylation sites (tertiary alicyclic amines) is 1. The number of carbonyl (C=O) groups excluding carboxylic acids is 1. The summed E-state index contributed by atoms with van der Waals surface area (Å²) in [6, 6.07) is 0. The van der Waals surface area contributed by atoms with Crippen molar-refractivity contribution in [1.29, 1.82) is 0 Å². The Hall–Kier alpha value is -0.640. The average molecular weight is 257 g/mol. The monoisotopic (exact) mass is 257 g/mol. The lowest BCUT2D eigenvalue weighted by Gasteiger charge is -2.31. The highest BCUT2D eigenvalue weighted by Crippen LogP contribution is 2.17. The van der Waals surface area contributed by atoms with Gasteiger partial charge in [0.1, 0.15) is 5.25 Å². The van der Waals surface area contributed by atoms with Crippen molar-refractivity contribution in [2.45, 2.75) is 38.9 Å². The first-order valence-corrected chi connectivity index (χ1v) is 7.71. The van der Waals surface area contributed by atoms with Crippen molar-refractivity contribution in [1.82, 2.24) is 4.90 Å². The number of allylic oxidation sites excluding steroid dienone is 1. The zero-order valence-corrected chi connectivity index (χ0v) is 11.8. The fourth-order valence-electron chi connectivity index (χ4n) is 1.93. The van der Waals surface area contributed by atoms with Crippen molar-refractivity contribution in [2.24, 2.45) is 5.92 Å². The van der Waals surface area contributed by atoms with E-state index in [2.05, 4.69) is 6.92 Å². The summed E-state index contributed by atoms with van der Waals surface area (Å²) < 4.78 is 11.9. The van der Waals surface area contributed by atoms with Gasteiger partial charge in [0.2, 0.25) is 5.91 Å². The zero-order chi connectivity index (χ0) is 12.8. The minimum absolute atomic E-state index is 0.0553. The van der Waals surface area contributed by atoms with Crippen LogP contribution in [0.4, 0.5) is 0 Å². The Morgan fingerprint density at radius 2 is 2.06 bits per heavy atom. The van der Waals surface area contributed by atoms with Gasteiger partial charge in [-0.25, -0.2) is 0 Å². The van der Waals surface area contributed by atoms with Gasteiger partial charge in [0.25, 0.3) is 0 Å². The van der Waals surface area contributed by atoms with Crippen molar-refractivity contribution < 1.29 is 9.00 Å². The van der Waals surface area contributed by atoms with Crippen molar-refractivity contribution >= 4 is 16.7 Å². The summed E-state index contributed by atoms with van der Waals surface area (Å²) in [6.45, 7) is 7.54. The quantitative estimate of drug-likeness (QED) is 0.722. The van der Waals surface area contributed by atoms with E-state index >= 15 is 0 Å². The smallest absolute Gasteiger partial charge is 0.238 e. The molecule has 0 radical (unpaired) electrons. The highest BCUT2D eigenvalue weighted by atomic mass is 32.2. The van der Waals surface area contributed by atoms with Crippen molar-refractivity contribution in [3.8, 4) is 0 Å². The van der Waals surface area contributed by atoms with Crippen LogP contribution in [0, 0.1) is 5.92 Å². The molecule has 98 valence electrons. The summed E-state index contributed by atoms with van der Waals surface area (Å²) in [5.41, 5.74) is 0. The lowest BCUT2D eigenvalue weighted by Crippen LogP contribution is -2.44. The first-order chi connectivity index (χ1) is 8.06. The van der Waals surface area contributed by atoms with Gasteiger partial charge in [0.05, 0.1) is 0 Å². The first-order valence-electron chi connectivity index (χ1n) is 6.33. The van der Waals surface area contributed by atoms with Crippen LogP contribution in [0.1, 0.15) is 33.6 Å². The maximum Gasteiger partial charge on any atom is 0.238 e. The second kappa shape index (κ2) is 6.94. The highest BCUT2D eigenvalue weighted by molar-refractivity contribution is 7.86. The van der Waals surface area contributed by atoms with Gasteiger partial charge in [-0.15, -0.1) is 0 Å². The van der Waals surface area contributed by atoms with Crippen LogP contribution in [-0.2, 0) is 15.6 Å². The molecular weight excluding hydrogens is 234 g/mol. The Labute approximate surface area is 107 Å². The third-order valence-corrected chi connectivity index (χ3v) is 4.84. The third kappa shape index (κ3) is 4.26. The van der Waals surface area contributed by atoms with E-state index in [0.29, 0.717) is 11.7 Å². The minimum Gasteiger partial charge on any atom is -0.342 e. The highest BCUT2D eigenvalue weighted by Gasteiger charge is 2.27. The minimum atomic E-state index is -1.08. The van der Waals surface area contributed by atoms with Crippen LogP contribution in [0.2, 0.25) is 0 Å². The van der Waals surface area contributed by atoms with Crippen LogP contribution in [0.3, 0.4) is 0 Å². The molecule has 0 saturated carbocycles. The summed E-state index contributed by atoms with van der Waals surface area (Å²) in [4.78, 5) is 14.0. The molecule has 3 nitrogen and oxygen atoms in total. The number of rotatable bonds is 4. The molecule has 1 amide bonds. The standard InChI is InChI=1S/C13H23NO2S/c1-4-5-10-17(16)12(3)13(15)14-8-6-11(2)7-9-14/h4-5,11-12H,6-10H2,1-3H3/b5-4+. The lowest BCUT2D eigenvalue weighted by atomic mass is 9.99. The Kier molecular flexibility index (Phi) is 5.89. The van der Waals surface area contributed by atoms with Crippen LogP contribution in [0.25, 0.3) is 0 Å². The molecule has 1 heterocycles. The number of piperidine rings is 1. The van der Waals surface area contributed by atoms with E-state index in [4.69, 9.17) is 0 Å². The Morgan fingerprint density at radius 3 is 2.59 bits per heavy atom. The average Bonchev–Trinajstić information content (AvgIpc) is 2.35. The summed E-state index contributed by atoms with van der Waals surface area (Å²) in [7, 11) is -1.08. The zero-order valence-electron chi connectivity index (χ0n) is 11.0. The van der Waals surface area contributed by atoms with Gasteiger partial charge >= 0.3 is 0 Å². The molecule has 0 bridgehead atoms. The van der Waals surface area contributed by atoms with E-state index < -0.39 is 10.8 Å². The van der Waals surface area contributed by atoms with Gasteiger partial charge in [-0.2, -0.15) is 0 Å². The lowest BCUT2D eigenvalue weighted by molar-refractivity contribution is -0.131. The van der Waals surface area contributed by atoms with E-state index in [0.717, 1.165) is 25.9 Å². The van der Waals surface area contributed by atoms with Crippen LogP contribution < -0.4 is 0 Å². The molecule has 1 aliphatic heterocycles. The van der Waals surface area contributed by atoms with Crippen molar-refractivity contribution in [3.05, 3.63) is 12.2 Å². The molecule has 1 fully saturated rings. The summed E-state index contributed by atoms with van der Waals surface area (Å²) in [5.74, 6) is 1.25. The second-order valence-electron chi connectivity index (χ2n) is 4.77. The van der Waals surface area contributed by atoms with Gasteiger partial charge in [-0.1, -0.05) is 19.1 Å². The predicted molar refractivity (Wildman–Crippen MR) is 72.3 cm³/mol. The fourth-order valence-corrected chi connectivity index (χ4v) is 2.98. The molecule has 0 spiro atoms. The maximum absolute atomic E-state index is 12.1. The molecule has 0 aliphatic carbocycles. The summed E-state index contributed by atoms with van der Waals surface area (Å²) >= 11 is 0. The van der Waals surface area contributed by atoms with Gasteiger partial charge < -0.3 is 4.90 Å². The van der Waals surface area contributed by atoms with Gasteiger partial charge in [-0.3, -0.25) is 9.00 Å². The topological polar surface area (TPSA) is 37.4 Å². The third-order valence-electron chi connectivity index (χ3n) is 3.33. The molecule has 2 atom stereocenters. The number of hydrogen-bond donors (Lipinski definition) is 0. The number of amides is 1. The first kappa shape index (κ1) is 14.4. The summed E-state index contributed by atoms with van der Waals surface area (Å²) in [6.07, 6.45) is 5.87. The van der Waals surface area contributed by atoms with Gasteiger partial charge in [0.15, 0.2) is 0 Å². The molecule has 4 heteroatoms. The Bertz CT molecular complexity index is 307. The Morgan fingerprint density at radius 1 is 1.47 bits per heavy atom. The van der Waals surface area contributed by atoms with Crippen LogP contribution in [0.5, 0.6) is 0 Å². The van der Waals surface area contributed by atoms with Gasteiger partial charge in [0, 0.05) is 29.6 Å². The van der Waals surface area contributed by atoms with Gasteiger partial charge in [-0.05, 0) is 32.6 Å². The van der Waals surface area contributed by atoms with E-state index in [-0.39, 0.29) is 11.2 Å². The second-order valence-corrected chi connectivity index (χ2v) is 6.57. The molecule has 0 N–H and O–H groups in total. The molecular formula is C13H23NO2S. The van der Waals surface area contributed by atoms with E-state index in [1.807, 2.05) is 24.0 Å². The van der Waals surface area contributed by atoms with Crippen LogP contribution in [-0.4, -0.2) is 39.1 Å². The molecule has 1 saturated heterocycles. The van der Waals surface area contributed by atoms with Crippen LogP contribution >= 0.6 is 0 Å². The van der Waals surface area contributed by atoms with E-state index in [1.165, 1.54) is 0 Å². The Balaban J connectivity index is 2.48. The maximum atomic E-state index is 12.1. The SMILES string of the molecule is C/C=C/CS(=O)C(C)C(=O)N1CCC(C)CC1. The van der Waals surface area contributed by atoms with E-state index in [1.54, 1.807) is 6.92 Å². The van der Waals surface area contributed by atoms with Crippen molar-refractivity contribution in [3.63, 3.8) is 0 Å². The molecule has 0 aromatic carbocycles. The largest absolute Gasteiger partial charge is 0.342 e. The van der Waals surface area contributed by atoms with Crippen LogP contribution in [0.15, 0.2) is 12.2 Å². The molecule has 1 rings (SSSR count). The number of carbonyl (C=O) groups is 1. The molecule has 0 aromatic rings. The number of nitrogens with zero attached hydrogens (tertiary/aromatic N) is 1. The van der Waals surface area contributed by atoms with E-state index in [9.17, 15) is 9.00 Å². The number of hydrogen-bond acceptors (Lipinski definition) is 2. The molecule has 1 aliphatic rings. The molecule has 0 aromatic heterocycles. The predicted octanol–water partition coefficient (Wildman–Crippen LogP) is 1.96. The molecule has 17 heavy (non-hydrogen) atoms.